The van der Waals surface area contributed by atoms with Crippen molar-refractivity contribution in [3.05, 3.63) is 65.3 Å². The number of hydrogen-bond donors (Lipinski definition) is 0. The van der Waals surface area contributed by atoms with Gasteiger partial charge in [0.25, 0.3) is 5.56 Å². The molecule has 0 aliphatic heterocycles. The van der Waals surface area contributed by atoms with Gasteiger partial charge in [0.15, 0.2) is 0 Å². The van der Waals surface area contributed by atoms with Gasteiger partial charge in [-0.15, -0.1) is 11.8 Å². The lowest BCUT2D eigenvalue weighted by Gasteiger charge is -2.16. The Hall–Kier alpha value is -2.99. The Labute approximate surface area is 180 Å². The summed E-state index contributed by atoms with van der Waals surface area (Å²) in [5.41, 5.74) is 4.02. The zero-order chi connectivity index (χ0) is 21.3. The summed E-state index contributed by atoms with van der Waals surface area (Å²) in [6.07, 6.45) is 5.73. The van der Waals surface area contributed by atoms with E-state index in [0.29, 0.717) is 12.0 Å². The van der Waals surface area contributed by atoms with Crippen molar-refractivity contribution in [1.82, 2.24) is 14.3 Å². The topological polar surface area (TPSA) is 49.1 Å². The summed E-state index contributed by atoms with van der Waals surface area (Å²) in [4.78, 5) is 14.0. The van der Waals surface area contributed by atoms with E-state index in [-0.39, 0.29) is 5.56 Å². The molecule has 0 aliphatic carbocycles. The summed E-state index contributed by atoms with van der Waals surface area (Å²) < 4.78 is 9.38. The van der Waals surface area contributed by atoms with Gasteiger partial charge in [0.2, 0.25) is 0 Å². The van der Waals surface area contributed by atoms with Gasteiger partial charge < -0.3 is 9.30 Å². The molecule has 0 saturated carbocycles. The smallest absolute Gasteiger partial charge is 0.258 e. The normalized spacial score (nSPS) is 11.2. The summed E-state index contributed by atoms with van der Waals surface area (Å²) in [6, 6.07) is 12.3. The van der Waals surface area contributed by atoms with E-state index in [1.165, 1.54) is 4.90 Å². The molecule has 0 unspecified atom stereocenters. The molecule has 5 nitrogen and oxygen atoms in total. The Morgan fingerprint density at radius 3 is 2.50 bits per heavy atom. The summed E-state index contributed by atoms with van der Waals surface area (Å²) in [5, 5.41) is 5.89. The Kier molecular flexibility index (Phi) is 5.68. The number of pyridine rings is 1. The third-order valence-corrected chi connectivity index (χ3v) is 5.95. The van der Waals surface area contributed by atoms with Crippen LogP contribution in [0.25, 0.3) is 33.0 Å². The highest BCUT2D eigenvalue weighted by molar-refractivity contribution is 7.99. The van der Waals surface area contributed by atoms with Crippen LogP contribution in [0.1, 0.15) is 13.8 Å². The van der Waals surface area contributed by atoms with Gasteiger partial charge in [-0.1, -0.05) is 13.0 Å². The van der Waals surface area contributed by atoms with Crippen molar-refractivity contribution in [3.8, 4) is 28.0 Å². The molecule has 154 valence electrons. The van der Waals surface area contributed by atoms with E-state index in [9.17, 15) is 4.79 Å². The fraction of sp³-hybridized carbons (Fsp3) is 0.250. The number of thioether (sulfide) groups is 1. The van der Waals surface area contributed by atoms with Gasteiger partial charge in [0.1, 0.15) is 5.75 Å². The van der Waals surface area contributed by atoms with Crippen LogP contribution in [0.5, 0.6) is 5.75 Å². The molecule has 2 aromatic carbocycles. The van der Waals surface area contributed by atoms with Crippen molar-refractivity contribution < 1.29 is 4.74 Å². The van der Waals surface area contributed by atoms with Crippen LogP contribution in [0, 0.1) is 0 Å². The molecule has 2 aromatic heterocycles. The lowest BCUT2D eigenvalue weighted by atomic mass is 9.97. The van der Waals surface area contributed by atoms with Gasteiger partial charge in [-0.2, -0.15) is 5.10 Å². The number of fused-ring (bicyclic) bond motifs is 1. The van der Waals surface area contributed by atoms with Gasteiger partial charge >= 0.3 is 0 Å². The minimum absolute atomic E-state index is 0.0106. The third-order valence-electron chi connectivity index (χ3n) is 5.07. The molecule has 0 bridgehead atoms. The maximum absolute atomic E-state index is 12.9. The van der Waals surface area contributed by atoms with Crippen LogP contribution in [-0.4, -0.2) is 26.7 Å². The molecule has 4 rings (SSSR count). The fourth-order valence-corrected chi connectivity index (χ4v) is 4.39. The zero-order valence-corrected chi connectivity index (χ0v) is 18.5. The van der Waals surface area contributed by atoms with Crippen LogP contribution >= 0.6 is 11.8 Å². The van der Waals surface area contributed by atoms with E-state index in [0.717, 1.165) is 39.1 Å². The van der Waals surface area contributed by atoms with Crippen LogP contribution < -0.4 is 10.3 Å². The molecule has 0 spiro atoms. The van der Waals surface area contributed by atoms with Crippen molar-refractivity contribution in [2.24, 2.45) is 14.1 Å². The molecule has 0 saturated heterocycles. The first-order valence-corrected chi connectivity index (χ1v) is 11.0. The van der Waals surface area contributed by atoms with Gasteiger partial charge in [0.05, 0.1) is 12.8 Å². The highest BCUT2D eigenvalue weighted by Crippen LogP contribution is 2.38. The van der Waals surface area contributed by atoms with E-state index >= 15 is 0 Å². The fourth-order valence-electron chi connectivity index (χ4n) is 3.69. The molecule has 0 aliphatic rings. The van der Waals surface area contributed by atoms with Crippen molar-refractivity contribution in [3.63, 3.8) is 0 Å². The average molecular weight is 420 g/mol. The van der Waals surface area contributed by atoms with E-state index in [2.05, 4.69) is 30.2 Å². The minimum Gasteiger partial charge on any atom is -0.493 e. The van der Waals surface area contributed by atoms with Crippen molar-refractivity contribution in [2.75, 3.05) is 12.4 Å². The maximum atomic E-state index is 12.9. The number of ether oxygens (including phenoxy) is 1. The number of nitrogens with zero attached hydrogens (tertiary/aromatic N) is 3. The molecule has 30 heavy (non-hydrogen) atoms. The van der Waals surface area contributed by atoms with Crippen LogP contribution in [-0.2, 0) is 14.1 Å². The maximum Gasteiger partial charge on any atom is 0.258 e. The van der Waals surface area contributed by atoms with E-state index in [1.807, 2.05) is 50.8 Å². The molecule has 4 aromatic rings. The number of benzene rings is 2. The minimum atomic E-state index is -0.0106. The van der Waals surface area contributed by atoms with E-state index in [4.69, 9.17) is 4.74 Å². The summed E-state index contributed by atoms with van der Waals surface area (Å²) in [7, 11) is 3.70. The first-order chi connectivity index (χ1) is 14.5. The Morgan fingerprint density at radius 2 is 1.80 bits per heavy atom. The first-order valence-electron chi connectivity index (χ1n) is 10.0. The number of aromatic nitrogens is 3. The Bertz CT molecular complexity index is 1270. The van der Waals surface area contributed by atoms with Gasteiger partial charge in [0, 0.05) is 53.5 Å². The monoisotopic (exact) mass is 419 g/mol. The van der Waals surface area contributed by atoms with Crippen LogP contribution in [0.15, 0.2) is 64.7 Å². The number of rotatable bonds is 6. The second-order valence-electron chi connectivity index (χ2n) is 7.15. The van der Waals surface area contributed by atoms with Gasteiger partial charge in [-0.3, -0.25) is 9.48 Å². The highest BCUT2D eigenvalue weighted by Gasteiger charge is 2.15. The molecule has 0 atom stereocenters. The largest absolute Gasteiger partial charge is 0.493 e. The second-order valence-corrected chi connectivity index (χ2v) is 8.48. The molecule has 6 heteroatoms. The molecule has 0 fully saturated rings. The van der Waals surface area contributed by atoms with Crippen molar-refractivity contribution in [2.45, 2.75) is 18.7 Å². The average Bonchev–Trinajstić information content (AvgIpc) is 3.18. The molecular weight excluding hydrogens is 394 g/mol. The predicted octanol–water partition coefficient (Wildman–Crippen LogP) is 5.12. The quantitative estimate of drug-likeness (QED) is 0.407. The van der Waals surface area contributed by atoms with E-state index < -0.39 is 0 Å². The molecular formula is C24H25N3O2S. The lowest BCUT2D eigenvalue weighted by Crippen LogP contribution is -2.16. The number of hydrogen-bond acceptors (Lipinski definition) is 4. The zero-order valence-electron chi connectivity index (χ0n) is 17.7. The van der Waals surface area contributed by atoms with Crippen molar-refractivity contribution in [1.29, 1.82) is 0 Å². The Morgan fingerprint density at radius 1 is 0.967 bits per heavy atom. The number of aryl methyl sites for hydroxylation is 2. The summed E-state index contributed by atoms with van der Waals surface area (Å²) in [5.74, 6) is 1.82. The molecule has 0 radical (unpaired) electrons. The van der Waals surface area contributed by atoms with Gasteiger partial charge in [-0.25, -0.2) is 0 Å². The van der Waals surface area contributed by atoms with Crippen molar-refractivity contribution >= 4 is 22.5 Å². The third kappa shape index (κ3) is 3.75. The highest BCUT2D eigenvalue weighted by atomic mass is 32.2. The van der Waals surface area contributed by atoms with Crippen LogP contribution in [0.3, 0.4) is 0 Å². The lowest BCUT2D eigenvalue weighted by molar-refractivity contribution is 0.341. The standard InChI is InChI=1S/C24H25N3O2S/c1-5-29-23-10-8-18(30-6-2)12-21(23)22-15-26(3)24(28)19-9-7-16(11-20(19)22)17-13-25-27(4)14-17/h7-15H,5-6H2,1-4H3. The summed E-state index contributed by atoms with van der Waals surface area (Å²) in [6.45, 7) is 4.71. The predicted molar refractivity (Wildman–Crippen MR) is 124 cm³/mol. The Balaban J connectivity index is 2.01. The molecule has 0 amide bonds. The second kappa shape index (κ2) is 8.40. The SMILES string of the molecule is CCOc1ccc(SCC)cc1-c1cn(C)c(=O)c2ccc(-c3cnn(C)c3)cc12. The van der Waals surface area contributed by atoms with Crippen LogP contribution in [0.4, 0.5) is 0 Å². The van der Waals surface area contributed by atoms with Crippen LogP contribution in [0.2, 0.25) is 0 Å². The van der Waals surface area contributed by atoms with E-state index in [1.54, 1.807) is 28.1 Å². The first kappa shape index (κ1) is 20.3. The van der Waals surface area contributed by atoms with Gasteiger partial charge in [-0.05, 0) is 54.0 Å². The molecule has 0 N–H and O–H groups in total. The summed E-state index contributed by atoms with van der Waals surface area (Å²) >= 11 is 1.79. The molecule has 2 heterocycles.